The number of hydrogen-bond acceptors (Lipinski definition) is 3. The van der Waals surface area contributed by atoms with E-state index in [9.17, 15) is 4.79 Å². The van der Waals surface area contributed by atoms with E-state index >= 15 is 0 Å². The molecule has 2 aromatic rings. The second-order valence-electron chi connectivity index (χ2n) is 3.86. The van der Waals surface area contributed by atoms with Crippen LogP contribution in [0.5, 0.6) is 0 Å². The zero-order valence-electron chi connectivity index (χ0n) is 9.02. The molecule has 0 saturated heterocycles. The van der Waals surface area contributed by atoms with E-state index in [1.165, 1.54) is 0 Å². The zero-order chi connectivity index (χ0) is 12.4. The highest BCUT2D eigenvalue weighted by Crippen LogP contribution is 2.30. The van der Waals surface area contributed by atoms with Crippen LogP contribution in [0.25, 0.3) is 10.8 Å². The Bertz CT molecular complexity index is 550. The summed E-state index contributed by atoms with van der Waals surface area (Å²) in [5.74, 6) is -0.591. The van der Waals surface area contributed by atoms with Crippen molar-refractivity contribution in [2.45, 2.75) is 12.3 Å². The number of carboxylic acid groups (broad SMARTS) is 1. The molecule has 1 heterocycles. The van der Waals surface area contributed by atoms with Gasteiger partial charge >= 0.3 is 5.97 Å². The SMILES string of the molecule is NCC(CC(=O)O)c1occ2cc(Cl)ccc12. The number of benzene rings is 1. The first-order chi connectivity index (χ1) is 8.11. The molecule has 1 unspecified atom stereocenters. The van der Waals surface area contributed by atoms with Gasteiger partial charge in [0, 0.05) is 28.3 Å². The van der Waals surface area contributed by atoms with E-state index in [0.717, 1.165) is 10.8 Å². The van der Waals surface area contributed by atoms with E-state index < -0.39 is 5.97 Å². The van der Waals surface area contributed by atoms with Gasteiger partial charge in [-0.2, -0.15) is 0 Å². The lowest BCUT2D eigenvalue weighted by molar-refractivity contribution is -0.137. The van der Waals surface area contributed by atoms with Gasteiger partial charge in [-0.15, -0.1) is 0 Å². The number of carbonyl (C=O) groups is 1. The van der Waals surface area contributed by atoms with Crippen LogP contribution in [0, 0.1) is 0 Å². The van der Waals surface area contributed by atoms with Crippen LogP contribution in [-0.2, 0) is 4.79 Å². The maximum atomic E-state index is 10.7. The van der Waals surface area contributed by atoms with E-state index in [4.69, 9.17) is 26.9 Å². The van der Waals surface area contributed by atoms with Gasteiger partial charge in [-0.25, -0.2) is 0 Å². The Hall–Kier alpha value is -1.52. The van der Waals surface area contributed by atoms with Crippen LogP contribution >= 0.6 is 11.6 Å². The molecule has 0 bridgehead atoms. The van der Waals surface area contributed by atoms with Crippen molar-refractivity contribution in [3.05, 3.63) is 35.2 Å². The summed E-state index contributed by atoms with van der Waals surface area (Å²) in [6, 6.07) is 5.34. The first-order valence-corrected chi connectivity index (χ1v) is 5.58. The predicted octanol–water partition coefficient (Wildman–Crippen LogP) is 2.60. The predicted molar refractivity (Wildman–Crippen MR) is 65.3 cm³/mol. The fourth-order valence-corrected chi connectivity index (χ4v) is 2.04. The number of nitrogens with two attached hydrogens (primary N) is 1. The van der Waals surface area contributed by atoms with Crippen molar-refractivity contribution in [3.8, 4) is 0 Å². The van der Waals surface area contributed by atoms with Gasteiger partial charge in [-0.3, -0.25) is 4.79 Å². The third-order valence-corrected chi connectivity index (χ3v) is 2.90. The summed E-state index contributed by atoms with van der Waals surface area (Å²) >= 11 is 5.87. The van der Waals surface area contributed by atoms with Gasteiger partial charge < -0.3 is 15.3 Å². The molecular weight excluding hydrogens is 242 g/mol. The highest BCUT2D eigenvalue weighted by Gasteiger charge is 2.20. The molecule has 0 amide bonds. The smallest absolute Gasteiger partial charge is 0.304 e. The van der Waals surface area contributed by atoms with Crippen molar-refractivity contribution in [3.63, 3.8) is 0 Å². The van der Waals surface area contributed by atoms with Crippen LogP contribution in [0.4, 0.5) is 0 Å². The Morgan fingerprint density at radius 1 is 1.53 bits per heavy atom. The van der Waals surface area contributed by atoms with Crippen LogP contribution in [-0.4, -0.2) is 17.6 Å². The van der Waals surface area contributed by atoms with Crippen molar-refractivity contribution in [1.82, 2.24) is 0 Å². The lowest BCUT2D eigenvalue weighted by Crippen LogP contribution is -2.15. The van der Waals surface area contributed by atoms with Crippen LogP contribution in [0.3, 0.4) is 0 Å². The third kappa shape index (κ3) is 2.43. The molecule has 0 aliphatic heterocycles. The highest BCUT2D eigenvalue weighted by molar-refractivity contribution is 6.31. The van der Waals surface area contributed by atoms with Crippen LogP contribution < -0.4 is 5.73 Å². The monoisotopic (exact) mass is 253 g/mol. The zero-order valence-corrected chi connectivity index (χ0v) is 9.78. The van der Waals surface area contributed by atoms with Gasteiger partial charge in [-0.05, 0) is 18.2 Å². The van der Waals surface area contributed by atoms with Crippen LogP contribution in [0.15, 0.2) is 28.9 Å². The number of aliphatic carboxylic acids is 1. The normalized spacial score (nSPS) is 12.8. The maximum Gasteiger partial charge on any atom is 0.304 e. The number of halogens is 1. The number of furan rings is 1. The summed E-state index contributed by atoms with van der Waals surface area (Å²) in [5, 5.41) is 11.2. The molecule has 2 rings (SSSR count). The summed E-state index contributed by atoms with van der Waals surface area (Å²) < 4.78 is 5.42. The molecule has 1 aromatic carbocycles. The van der Waals surface area contributed by atoms with Crippen molar-refractivity contribution in [1.29, 1.82) is 0 Å². The molecule has 0 spiro atoms. The summed E-state index contributed by atoms with van der Waals surface area (Å²) in [6.07, 6.45) is 1.53. The highest BCUT2D eigenvalue weighted by atomic mass is 35.5. The Labute approximate surface area is 103 Å². The maximum absolute atomic E-state index is 10.7. The minimum atomic E-state index is -0.890. The molecule has 1 atom stereocenters. The standard InChI is InChI=1S/C12H12ClNO3/c13-9-1-2-10-8(3-9)6-17-12(10)7(5-14)4-11(15)16/h1-3,6-7H,4-5,14H2,(H,15,16). The Morgan fingerprint density at radius 3 is 2.94 bits per heavy atom. The second kappa shape index (κ2) is 4.77. The van der Waals surface area contributed by atoms with Crippen molar-refractivity contribution in [2.75, 3.05) is 6.54 Å². The molecule has 90 valence electrons. The largest absolute Gasteiger partial charge is 0.481 e. The molecule has 0 saturated carbocycles. The van der Waals surface area contributed by atoms with E-state index in [0.29, 0.717) is 10.8 Å². The fourth-order valence-electron chi connectivity index (χ4n) is 1.86. The second-order valence-corrected chi connectivity index (χ2v) is 4.30. The summed E-state index contributed by atoms with van der Waals surface area (Å²) in [4.78, 5) is 10.7. The average molecular weight is 254 g/mol. The van der Waals surface area contributed by atoms with E-state index in [-0.39, 0.29) is 18.9 Å². The summed E-state index contributed by atoms with van der Waals surface area (Å²) in [6.45, 7) is 0.234. The Morgan fingerprint density at radius 2 is 2.29 bits per heavy atom. The molecule has 0 aliphatic rings. The number of fused-ring (bicyclic) bond motifs is 1. The molecule has 3 N–H and O–H groups in total. The summed E-state index contributed by atoms with van der Waals surface area (Å²) in [5.41, 5.74) is 5.58. The Kier molecular flexibility index (Phi) is 3.36. The van der Waals surface area contributed by atoms with Crippen molar-refractivity contribution in [2.24, 2.45) is 5.73 Å². The minimum absolute atomic E-state index is 0.0399. The van der Waals surface area contributed by atoms with Gasteiger partial charge in [0.15, 0.2) is 0 Å². The lowest BCUT2D eigenvalue weighted by Gasteiger charge is -2.09. The lowest BCUT2D eigenvalue weighted by atomic mass is 9.99. The molecule has 17 heavy (non-hydrogen) atoms. The van der Waals surface area contributed by atoms with E-state index in [1.807, 2.05) is 6.07 Å². The Balaban J connectivity index is 2.43. The van der Waals surface area contributed by atoms with Crippen molar-refractivity contribution < 1.29 is 14.3 Å². The molecule has 1 aromatic heterocycles. The minimum Gasteiger partial charge on any atom is -0.481 e. The van der Waals surface area contributed by atoms with Gasteiger partial charge in [0.25, 0.3) is 0 Å². The van der Waals surface area contributed by atoms with Gasteiger partial charge in [0.2, 0.25) is 0 Å². The molecule has 5 heteroatoms. The number of carboxylic acids is 1. The average Bonchev–Trinajstić information content (AvgIpc) is 2.68. The number of rotatable bonds is 4. The molecule has 4 nitrogen and oxygen atoms in total. The fraction of sp³-hybridized carbons (Fsp3) is 0.250. The molecule has 0 radical (unpaired) electrons. The van der Waals surface area contributed by atoms with Gasteiger partial charge in [0.1, 0.15) is 5.76 Å². The van der Waals surface area contributed by atoms with E-state index in [2.05, 4.69) is 0 Å². The van der Waals surface area contributed by atoms with Crippen LogP contribution in [0.2, 0.25) is 5.02 Å². The number of hydrogen-bond donors (Lipinski definition) is 2. The summed E-state index contributed by atoms with van der Waals surface area (Å²) in [7, 11) is 0. The van der Waals surface area contributed by atoms with Crippen LogP contribution in [0.1, 0.15) is 18.1 Å². The molecule has 0 fully saturated rings. The molecular formula is C12H12ClNO3. The molecule has 0 aliphatic carbocycles. The quantitative estimate of drug-likeness (QED) is 0.878. The first-order valence-electron chi connectivity index (χ1n) is 5.20. The van der Waals surface area contributed by atoms with Crippen molar-refractivity contribution >= 4 is 28.3 Å². The topological polar surface area (TPSA) is 76.5 Å². The van der Waals surface area contributed by atoms with Gasteiger partial charge in [0.05, 0.1) is 12.7 Å². The third-order valence-electron chi connectivity index (χ3n) is 2.67. The van der Waals surface area contributed by atoms with Gasteiger partial charge in [-0.1, -0.05) is 11.6 Å². The van der Waals surface area contributed by atoms with E-state index in [1.54, 1.807) is 18.4 Å². The first kappa shape index (κ1) is 12.0.